The van der Waals surface area contributed by atoms with Gasteiger partial charge in [-0.15, -0.1) is 0 Å². The quantitative estimate of drug-likeness (QED) is 0.912. The number of benzene rings is 2. The molecular formula is C22H25N3O. The van der Waals surface area contributed by atoms with Crippen LogP contribution in [-0.4, -0.2) is 42.0 Å². The molecule has 26 heavy (non-hydrogen) atoms. The second kappa shape index (κ2) is 6.44. The predicted molar refractivity (Wildman–Crippen MR) is 103 cm³/mol. The van der Waals surface area contributed by atoms with Crippen molar-refractivity contribution in [1.82, 2.24) is 9.80 Å². The minimum Gasteiger partial charge on any atom is -0.313 e. The Morgan fingerprint density at radius 3 is 2.42 bits per heavy atom. The number of nitrogens with zero attached hydrogens (tertiary/aromatic N) is 2. The molecule has 4 aliphatic rings. The van der Waals surface area contributed by atoms with Crippen LogP contribution in [0.15, 0.2) is 54.6 Å². The van der Waals surface area contributed by atoms with E-state index in [0.29, 0.717) is 5.92 Å². The molecular weight excluding hydrogens is 322 g/mol. The number of carbonyl (C=O) groups excluding carboxylic acids is 1. The topological polar surface area (TPSA) is 35.6 Å². The predicted octanol–water partition coefficient (Wildman–Crippen LogP) is 3.97. The first-order valence-electron chi connectivity index (χ1n) is 9.73. The second-order valence-corrected chi connectivity index (χ2v) is 7.88. The number of anilines is 1. The van der Waals surface area contributed by atoms with Gasteiger partial charge in [0.1, 0.15) is 0 Å². The van der Waals surface area contributed by atoms with E-state index in [4.69, 9.17) is 0 Å². The van der Waals surface area contributed by atoms with Crippen LogP contribution in [0.2, 0.25) is 0 Å². The molecule has 2 aromatic carbocycles. The van der Waals surface area contributed by atoms with Crippen molar-refractivity contribution in [2.75, 3.05) is 31.5 Å². The molecule has 4 heterocycles. The molecule has 4 heteroatoms. The SMILES string of the molecule is O=C1Nc2ccccc2C(c2ccccc2)N1CC1CN2CCC1CC2. The van der Waals surface area contributed by atoms with Gasteiger partial charge in [0.2, 0.25) is 0 Å². The number of rotatable bonds is 3. The van der Waals surface area contributed by atoms with Gasteiger partial charge in [-0.2, -0.15) is 0 Å². The van der Waals surface area contributed by atoms with E-state index >= 15 is 0 Å². The van der Waals surface area contributed by atoms with Crippen LogP contribution < -0.4 is 5.32 Å². The van der Waals surface area contributed by atoms with E-state index in [0.717, 1.165) is 24.7 Å². The lowest BCUT2D eigenvalue weighted by Crippen LogP contribution is -2.53. The monoisotopic (exact) mass is 347 g/mol. The first-order chi connectivity index (χ1) is 12.8. The van der Waals surface area contributed by atoms with Crippen LogP contribution in [0.5, 0.6) is 0 Å². The van der Waals surface area contributed by atoms with E-state index in [2.05, 4.69) is 51.5 Å². The third-order valence-electron chi connectivity index (χ3n) is 6.41. The number of hydrogen-bond acceptors (Lipinski definition) is 2. The van der Waals surface area contributed by atoms with Gasteiger partial charge in [0, 0.05) is 24.3 Å². The fraction of sp³-hybridized carbons (Fsp3) is 0.409. The zero-order valence-corrected chi connectivity index (χ0v) is 15.0. The summed E-state index contributed by atoms with van der Waals surface area (Å²) in [6.07, 6.45) is 2.57. The Morgan fingerprint density at radius 1 is 0.962 bits per heavy atom. The molecule has 3 fully saturated rings. The molecule has 4 aliphatic heterocycles. The molecule has 2 amide bonds. The summed E-state index contributed by atoms with van der Waals surface area (Å²) in [6.45, 7) is 4.44. The molecule has 134 valence electrons. The molecule has 2 atom stereocenters. The third-order valence-corrected chi connectivity index (χ3v) is 6.41. The zero-order valence-electron chi connectivity index (χ0n) is 15.0. The van der Waals surface area contributed by atoms with Crippen LogP contribution in [0.1, 0.15) is 30.0 Å². The van der Waals surface area contributed by atoms with E-state index in [9.17, 15) is 4.79 Å². The molecule has 0 spiro atoms. The summed E-state index contributed by atoms with van der Waals surface area (Å²) < 4.78 is 0. The highest BCUT2D eigenvalue weighted by Crippen LogP contribution is 2.40. The first-order valence-corrected chi connectivity index (χ1v) is 9.73. The molecule has 0 saturated carbocycles. The highest BCUT2D eigenvalue weighted by Gasteiger charge is 2.39. The largest absolute Gasteiger partial charge is 0.322 e. The average Bonchev–Trinajstić information content (AvgIpc) is 2.70. The zero-order chi connectivity index (χ0) is 17.5. The van der Waals surface area contributed by atoms with Crippen LogP contribution in [0, 0.1) is 11.8 Å². The Kier molecular flexibility index (Phi) is 3.93. The van der Waals surface area contributed by atoms with Gasteiger partial charge in [0.15, 0.2) is 0 Å². The van der Waals surface area contributed by atoms with Crippen LogP contribution >= 0.6 is 0 Å². The van der Waals surface area contributed by atoms with E-state index in [-0.39, 0.29) is 12.1 Å². The number of hydrogen-bond donors (Lipinski definition) is 1. The van der Waals surface area contributed by atoms with E-state index < -0.39 is 0 Å². The van der Waals surface area contributed by atoms with Crippen LogP contribution in [0.4, 0.5) is 10.5 Å². The van der Waals surface area contributed by atoms with Gasteiger partial charge in [-0.25, -0.2) is 4.79 Å². The van der Waals surface area contributed by atoms with Crippen LogP contribution in [-0.2, 0) is 0 Å². The molecule has 2 aromatic rings. The molecule has 3 saturated heterocycles. The smallest absolute Gasteiger partial charge is 0.313 e. The standard InChI is InChI=1S/C22H25N3O/c26-22-23-20-9-5-4-8-19(20)21(17-6-2-1-3-7-17)25(22)15-18-14-24-12-10-16(18)11-13-24/h1-9,16,18,21H,10-15H2,(H,23,26). The number of para-hydroxylation sites is 1. The minimum absolute atomic E-state index is 0.00315. The van der Waals surface area contributed by atoms with Crippen LogP contribution in [0.3, 0.4) is 0 Å². The Labute approximate surface area is 154 Å². The fourth-order valence-corrected chi connectivity index (χ4v) is 5.05. The summed E-state index contributed by atoms with van der Waals surface area (Å²) in [5.41, 5.74) is 3.33. The fourth-order valence-electron chi connectivity index (χ4n) is 5.05. The van der Waals surface area contributed by atoms with Crippen molar-refractivity contribution in [3.63, 3.8) is 0 Å². The Bertz CT molecular complexity index is 798. The summed E-state index contributed by atoms with van der Waals surface area (Å²) in [4.78, 5) is 17.7. The summed E-state index contributed by atoms with van der Waals surface area (Å²) >= 11 is 0. The maximum atomic E-state index is 13.0. The molecule has 2 bridgehead atoms. The summed E-state index contributed by atoms with van der Waals surface area (Å²) in [6, 6.07) is 18.7. The first kappa shape index (κ1) is 15.9. The molecule has 0 radical (unpaired) electrons. The molecule has 0 aromatic heterocycles. The second-order valence-electron chi connectivity index (χ2n) is 7.88. The summed E-state index contributed by atoms with van der Waals surface area (Å²) in [7, 11) is 0. The molecule has 2 unspecified atom stereocenters. The highest BCUT2D eigenvalue weighted by molar-refractivity contribution is 5.93. The van der Waals surface area contributed by atoms with E-state index in [1.807, 2.05) is 18.2 Å². The number of piperidine rings is 3. The van der Waals surface area contributed by atoms with Crippen molar-refractivity contribution in [3.05, 3.63) is 65.7 Å². The Hall–Kier alpha value is -2.33. The van der Waals surface area contributed by atoms with Gasteiger partial charge >= 0.3 is 6.03 Å². The third kappa shape index (κ3) is 2.69. The van der Waals surface area contributed by atoms with Gasteiger partial charge in [-0.3, -0.25) is 0 Å². The number of nitrogens with one attached hydrogen (secondary N) is 1. The van der Waals surface area contributed by atoms with Crippen molar-refractivity contribution >= 4 is 11.7 Å². The molecule has 0 aliphatic carbocycles. The number of carbonyl (C=O) groups is 1. The maximum Gasteiger partial charge on any atom is 0.322 e. The molecule has 1 N–H and O–H groups in total. The van der Waals surface area contributed by atoms with Gasteiger partial charge in [-0.1, -0.05) is 48.5 Å². The summed E-state index contributed by atoms with van der Waals surface area (Å²) in [5.74, 6) is 1.35. The lowest BCUT2D eigenvalue weighted by molar-refractivity contribution is 0.0327. The van der Waals surface area contributed by atoms with Crippen molar-refractivity contribution in [3.8, 4) is 0 Å². The number of amides is 2. The van der Waals surface area contributed by atoms with Crippen molar-refractivity contribution in [2.45, 2.75) is 18.9 Å². The van der Waals surface area contributed by atoms with Gasteiger partial charge in [0.05, 0.1) is 6.04 Å². The Balaban J connectivity index is 1.51. The lowest BCUT2D eigenvalue weighted by Gasteiger charge is -2.48. The number of fused-ring (bicyclic) bond motifs is 4. The number of urea groups is 1. The molecule has 4 nitrogen and oxygen atoms in total. The van der Waals surface area contributed by atoms with Crippen molar-refractivity contribution < 1.29 is 4.79 Å². The minimum atomic E-state index is -0.00315. The van der Waals surface area contributed by atoms with Gasteiger partial charge < -0.3 is 15.1 Å². The van der Waals surface area contributed by atoms with E-state index in [1.165, 1.54) is 37.1 Å². The lowest BCUT2D eigenvalue weighted by atomic mass is 9.78. The van der Waals surface area contributed by atoms with E-state index in [1.54, 1.807) is 0 Å². The van der Waals surface area contributed by atoms with Crippen molar-refractivity contribution in [1.29, 1.82) is 0 Å². The maximum absolute atomic E-state index is 13.0. The highest BCUT2D eigenvalue weighted by atomic mass is 16.2. The normalized spacial score (nSPS) is 30.0. The Morgan fingerprint density at radius 2 is 1.69 bits per heavy atom. The summed E-state index contributed by atoms with van der Waals surface area (Å²) in [5, 5.41) is 3.12. The van der Waals surface area contributed by atoms with Gasteiger partial charge in [0.25, 0.3) is 0 Å². The van der Waals surface area contributed by atoms with Crippen LogP contribution in [0.25, 0.3) is 0 Å². The average molecular weight is 347 g/mol. The molecule has 6 rings (SSSR count). The van der Waals surface area contributed by atoms with Gasteiger partial charge in [-0.05, 0) is 49.4 Å². The van der Waals surface area contributed by atoms with Crippen molar-refractivity contribution in [2.24, 2.45) is 11.8 Å².